The Morgan fingerprint density at radius 3 is 2.67 bits per heavy atom. The Morgan fingerprint density at radius 1 is 1.10 bits per heavy atom. The largest absolute Gasteiger partial charge is 0.379 e. The van der Waals surface area contributed by atoms with E-state index in [2.05, 4.69) is 22.5 Å². The predicted octanol–water partition coefficient (Wildman–Crippen LogP) is 2.11. The number of hydrogen-bond acceptors (Lipinski definition) is 6. The quantitative estimate of drug-likeness (QED) is 0.518. The first kappa shape index (κ1) is 26.5. The predicted molar refractivity (Wildman–Crippen MR) is 146 cm³/mol. The van der Waals surface area contributed by atoms with Gasteiger partial charge in [0.05, 0.1) is 31.2 Å². The highest BCUT2D eigenvalue weighted by molar-refractivity contribution is 6.02. The van der Waals surface area contributed by atoms with Gasteiger partial charge in [0.25, 0.3) is 0 Å². The Morgan fingerprint density at radius 2 is 1.90 bits per heavy atom. The third kappa shape index (κ3) is 4.78. The van der Waals surface area contributed by atoms with Crippen LogP contribution in [0.5, 0.6) is 0 Å². The number of nitrogens with one attached hydrogen (secondary N) is 2. The molecule has 1 saturated carbocycles. The van der Waals surface area contributed by atoms with E-state index >= 15 is 0 Å². The molecule has 5 aliphatic rings. The zero-order chi connectivity index (χ0) is 27.1. The van der Waals surface area contributed by atoms with Crippen molar-refractivity contribution in [2.24, 2.45) is 17.8 Å². The molecule has 4 heterocycles. The number of anilines is 1. The molecule has 0 unspecified atom stereocenters. The highest BCUT2D eigenvalue weighted by atomic mass is 16.5. The summed E-state index contributed by atoms with van der Waals surface area (Å²) in [6.45, 7) is 8.14. The molecule has 0 radical (unpaired) electrons. The van der Waals surface area contributed by atoms with E-state index in [1.807, 2.05) is 43.3 Å². The number of amides is 3. The Hall–Kier alpha value is -2.75. The van der Waals surface area contributed by atoms with Crippen LogP contribution in [0.3, 0.4) is 0 Å². The lowest BCUT2D eigenvalue weighted by Crippen LogP contribution is -2.58. The fraction of sp³-hybridized carbons (Fsp3) is 0.633. The Balaban J connectivity index is 1.27. The molecular formula is C30H40N4O5. The van der Waals surface area contributed by atoms with E-state index in [-0.39, 0.29) is 23.8 Å². The van der Waals surface area contributed by atoms with Crippen molar-refractivity contribution in [3.63, 3.8) is 0 Å². The van der Waals surface area contributed by atoms with Gasteiger partial charge < -0.3 is 25.0 Å². The van der Waals surface area contributed by atoms with E-state index in [9.17, 15) is 14.4 Å². The van der Waals surface area contributed by atoms with Gasteiger partial charge in [-0.15, -0.1) is 0 Å². The maximum absolute atomic E-state index is 14.1. The molecule has 7 atom stereocenters. The van der Waals surface area contributed by atoms with Crippen LogP contribution >= 0.6 is 0 Å². The van der Waals surface area contributed by atoms with E-state index < -0.39 is 29.6 Å². The molecule has 1 aromatic carbocycles. The van der Waals surface area contributed by atoms with Gasteiger partial charge in [0.1, 0.15) is 11.6 Å². The van der Waals surface area contributed by atoms with Crippen LogP contribution in [0.1, 0.15) is 38.2 Å². The number of benzene rings is 1. The molecule has 9 nitrogen and oxygen atoms in total. The zero-order valence-electron chi connectivity index (χ0n) is 22.9. The minimum absolute atomic E-state index is 0.0842. The Bertz CT molecular complexity index is 1150. The monoisotopic (exact) mass is 536 g/mol. The van der Waals surface area contributed by atoms with E-state index in [4.69, 9.17) is 9.47 Å². The molecule has 1 spiro atoms. The van der Waals surface area contributed by atoms with Crippen LogP contribution in [0.15, 0.2) is 36.4 Å². The second-order valence-electron chi connectivity index (χ2n) is 11.9. The van der Waals surface area contributed by atoms with Crippen molar-refractivity contribution < 1.29 is 23.9 Å². The van der Waals surface area contributed by atoms with Crippen molar-refractivity contribution in [2.45, 2.75) is 63.3 Å². The first-order valence-corrected chi connectivity index (χ1v) is 14.5. The van der Waals surface area contributed by atoms with Gasteiger partial charge in [-0.25, -0.2) is 0 Å². The first-order chi connectivity index (χ1) is 18.9. The van der Waals surface area contributed by atoms with Crippen LogP contribution in [0.25, 0.3) is 0 Å². The second-order valence-corrected chi connectivity index (χ2v) is 11.9. The molecule has 2 bridgehead atoms. The van der Waals surface area contributed by atoms with Gasteiger partial charge in [0.2, 0.25) is 17.7 Å². The summed E-state index contributed by atoms with van der Waals surface area (Å²) in [7, 11) is 0. The summed E-state index contributed by atoms with van der Waals surface area (Å²) in [5.74, 6) is -1.63. The van der Waals surface area contributed by atoms with E-state index in [1.54, 1.807) is 4.90 Å². The van der Waals surface area contributed by atoms with Crippen LogP contribution < -0.4 is 10.6 Å². The number of carbonyl (C=O) groups excluding carboxylic acids is 3. The number of morpholine rings is 1. The van der Waals surface area contributed by atoms with Crippen molar-refractivity contribution in [1.82, 2.24) is 15.1 Å². The molecule has 0 aromatic heterocycles. The number of aryl methyl sites for hydroxylation is 1. The summed E-state index contributed by atoms with van der Waals surface area (Å²) in [5.41, 5.74) is 0.591. The number of likely N-dealkylation sites (tertiary alicyclic amines) is 1. The van der Waals surface area contributed by atoms with Crippen LogP contribution in [0, 0.1) is 24.7 Å². The molecule has 3 saturated heterocycles. The van der Waals surface area contributed by atoms with Crippen molar-refractivity contribution in [2.75, 3.05) is 44.7 Å². The van der Waals surface area contributed by atoms with Gasteiger partial charge in [-0.3, -0.25) is 19.3 Å². The molecule has 9 heteroatoms. The summed E-state index contributed by atoms with van der Waals surface area (Å²) in [5, 5.41) is 6.31. The maximum Gasteiger partial charge on any atom is 0.246 e. The molecule has 6 rings (SSSR count). The van der Waals surface area contributed by atoms with Gasteiger partial charge in [0, 0.05) is 37.9 Å². The van der Waals surface area contributed by atoms with Crippen LogP contribution in [0.2, 0.25) is 0 Å². The molecule has 2 N–H and O–H groups in total. The van der Waals surface area contributed by atoms with E-state index in [0.717, 1.165) is 37.9 Å². The lowest BCUT2D eigenvalue weighted by atomic mass is 9.74. The molecular weight excluding hydrogens is 496 g/mol. The van der Waals surface area contributed by atoms with E-state index in [0.29, 0.717) is 37.9 Å². The number of nitrogens with zero attached hydrogens (tertiary/aromatic N) is 2. The topological polar surface area (TPSA) is 100 Å². The lowest BCUT2D eigenvalue weighted by Gasteiger charge is -2.36. The number of hydrogen-bond donors (Lipinski definition) is 2. The first-order valence-electron chi connectivity index (χ1n) is 14.5. The Labute approximate surface area is 230 Å². The molecule has 4 aliphatic heterocycles. The van der Waals surface area contributed by atoms with Crippen molar-refractivity contribution in [3.05, 3.63) is 42.0 Å². The highest BCUT2D eigenvalue weighted by Gasteiger charge is 2.72. The van der Waals surface area contributed by atoms with Gasteiger partial charge in [-0.05, 0) is 43.4 Å². The number of carbonyl (C=O) groups is 3. The average Bonchev–Trinajstić information content (AvgIpc) is 3.56. The third-order valence-corrected chi connectivity index (χ3v) is 9.41. The number of ether oxygens (including phenoxy) is 2. The van der Waals surface area contributed by atoms with Crippen LogP contribution in [-0.2, 0) is 23.9 Å². The second kappa shape index (κ2) is 10.7. The summed E-state index contributed by atoms with van der Waals surface area (Å²) in [6, 6.07) is 6.90. The fourth-order valence-electron chi connectivity index (χ4n) is 7.32. The minimum Gasteiger partial charge on any atom is -0.379 e. The average molecular weight is 537 g/mol. The minimum atomic E-state index is -1.14. The summed E-state index contributed by atoms with van der Waals surface area (Å²) < 4.78 is 12.0. The van der Waals surface area contributed by atoms with Crippen LogP contribution in [0.4, 0.5) is 5.69 Å². The maximum atomic E-state index is 14.1. The van der Waals surface area contributed by atoms with Crippen molar-refractivity contribution in [3.8, 4) is 0 Å². The molecule has 4 fully saturated rings. The highest BCUT2D eigenvalue weighted by Crippen LogP contribution is 2.55. The summed E-state index contributed by atoms with van der Waals surface area (Å²) in [4.78, 5) is 45.8. The summed E-state index contributed by atoms with van der Waals surface area (Å²) >= 11 is 0. The SMILES string of the molecule is Cc1cccc(NC(=O)[C@@H]2[C@@H]3C=C[C@]4(O3)[C@@H]2C(=O)N(CCN2CCOCC2)[C@H]4C(=O)N[C@H]2CCCC[C@@H]2C)c1. The van der Waals surface area contributed by atoms with Gasteiger partial charge >= 0.3 is 0 Å². The smallest absolute Gasteiger partial charge is 0.246 e. The van der Waals surface area contributed by atoms with Crippen molar-refractivity contribution in [1.29, 1.82) is 0 Å². The normalized spacial score (nSPS) is 35.7. The Kier molecular flexibility index (Phi) is 7.24. The van der Waals surface area contributed by atoms with Crippen molar-refractivity contribution >= 4 is 23.4 Å². The fourth-order valence-corrected chi connectivity index (χ4v) is 7.32. The number of rotatable bonds is 7. The lowest BCUT2D eigenvalue weighted by molar-refractivity contribution is -0.142. The van der Waals surface area contributed by atoms with Gasteiger partial charge in [0.15, 0.2) is 0 Å². The van der Waals surface area contributed by atoms with E-state index in [1.165, 1.54) is 6.42 Å². The third-order valence-electron chi connectivity index (χ3n) is 9.41. The molecule has 1 aromatic rings. The zero-order valence-corrected chi connectivity index (χ0v) is 22.9. The molecule has 1 aliphatic carbocycles. The van der Waals surface area contributed by atoms with Gasteiger partial charge in [-0.2, -0.15) is 0 Å². The summed E-state index contributed by atoms with van der Waals surface area (Å²) in [6.07, 6.45) is 7.53. The molecule has 210 valence electrons. The number of fused-ring (bicyclic) bond motifs is 1. The van der Waals surface area contributed by atoms with Crippen LogP contribution in [-0.4, -0.2) is 90.7 Å². The molecule has 39 heavy (non-hydrogen) atoms. The van der Waals surface area contributed by atoms with Gasteiger partial charge in [-0.1, -0.05) is 44.1 Å². The standard InChI is InChI=1S/C30H40N4O5/c1-19-6-5-8-21(18-19)31-27(35)24-23-10-11-30(39-23)25(24)29(37)34(13-12-33-14-16-38-17-15-33)26(30)28(36)32-22-9-4-3-7-20(22)2/h5-6,8,10-11,18,20,22-26H,3-4,7,9,12-17H2,1-2H3,(H,31,35)(H,32,36)/t20-,22-,23-,24+,25-,26-,30-/m0/s1. The molecule has 3 amide bonds.